The molecule has 5 aromatic carbocycles. The summed E-state index contributed by atoms with van der Waals surface area (Å²) in [5, 5.41) is 5.91. The molecule has 7 aromatic rings. The van der Waals surface area contributed by atoms with Crippen molar-refractivity contribution in [2.45, 2.75) is 0 Å². The smallest absolute Gasteiger partial charge is 0.171 e. The van der Waals surface area contributed by atoms with E-state index in [-0.39, 0.29) is 0 Å². The molecule has 0 amide bonds. The van der Waals surface area contributed by atoms with Gasteiger partial charge in [-0.3, -0.25) is 0 Å². The molecule has 0 bridgehead atoms. The lowest BCUT2D eigenvalue weighted by molar-refractivity contribution is 0.591. The van der Waals surface area contributed by atoms with Crippen molar-refractivity contribution < 1.29 is 4.57 Å². The summed E-state index contributed by atoms with van der Waals surface area (Å²) in [6.07, 6.45) is 5.67. The third-order valence-electron chi connectivity index (χ3n) is 8.45. The number of para-hydroxylation sites is 2. The SMILES string of the molecule is C=CC1=Cc2cc3cc(C=C)n(-c4ccc5c(c4)c4ccccc4n5-c4ccccc4)c3cc2P1(=O)c1ccccc1. The van der Waals surface area contributed by atoms with Crippen LogP contribution in [0.3, 0.4) is 0 Å². The Bertz CT molecular complexity index is 2300. The maximum absolute atomic E-state index is 14.9. The maximum atomic E-state index is 14.9. The van der Waals surface area contributed by atoms with Crippen molar-refractivity contribution in [3.8, 4) is 11.4 Å². The molecule has 0 fully saturated rings. The molecule has 1 unspecified atom stereocenters. The predicted octanol–water partition coefficient (Wildman–Crippen LogP) is 9.22. The molecular formula is C38H27N2OP. The van der Waals surface area contributed by atoms with Crippen molar-refractivity contribution in [3.05, 3.63) is 157 Å². The Labute approximate surface area is 244 Å². The van der Waals surface area contributed by atoms with Gasteiger partial charge in [-0.05, 0) is 72.3 Å². The van der Waals surface area contributed by atoms with Gasteiger partial charge < -0.3 is 13.7 Å². The average molecular weight is 559 g/mol. The van der Waals surface area contributed by atoms with Gasteiger partial charge in [0, 0.05) is 49.2 Å². The van der Waals surface area contributed by atoms with E-state index < -0.39 is 7.14 Å². The molecule has 42 heavy (non-hydrogen) atoms. The van der Waals surface area contributed by atoms with Crippen LogP contribution >= 0.6 is 7.14 Å². The summed E-state index contributed by atoms with van der Waals surface area (Å²) in [5.41, 5.74) is 7.46. The Balaban J connectivity index is 1.39. The van der Waals surface area contributed by atoms with Gasteiger partial charge >= 0.3 is 0 Å². The molecule has 1 aliphatic rings. The van der Waals surface area contributed by atoms with Crippen LogP contribution in [0.4, 0.5) is 0 Å². The van der Waals surface area contributed by atoms with Crippen molar-refractivity contribution >= 4 is 62.6 Å². The molecule has 3 heterocycles. The van der Waals surface area contributed by atoms with Gasteiger partial charge in [-0.2, -0.15) is 0 Å². The van der Waals surface area contributed by atoms with Gasteiger partial charge in [0.1, 0.15) is 0 Å². The average Bonchev–Trinajstić information content (AvgIpc) is 3.67. The molecule has 0 radical (unpaired) electrons. The minimum absolute atomic E-state index is 0.780. The van der Waals surface area contributed by atoms with Crippen LogP contribution < -0.4 is 10.6 Å². The Kier molecular flexibility index (Phi) is 5.41. The van der Waals surface area contributed by atoms with E-state index in [1.54, 1.807) is 6.08 Å². The Morgan fingerprint density at radius 3 is 2.07 bits per heavy atom. The Hall–Kier alpha value is -5.11. The molecule has 1 atom stereocenters. The molecule has 0 saturated heterocycles. The van der Waals surface area contributed by atoms with Gasteiger partial charge in [-0.25, -0.2) is 0 Å². The largest absolute Gasteiger partial charge is 0.310 e. The standard InChI is InChI=1S/C38H27N2OP/c1-3-28-22-26-21-27-23-31(4-2)42(41,32-15-9-6-10-16-32)38(27)25-37(26)39(28)30-19-20-36-34(24-30)33-17-11-12-18-35(33)40(36)29-13-7-5-8-14-29/h3-25H,1-2H2. The summed E-state index contributed by atoms with van der Waals surface area (Å²) in [6.45, 7) is 8.16. The van der Waals surface area contributed by atoms with Crippen LogP contribution in [-0.4, -0.2) is 9.13 Å². The summed E-state index contributed by atoms with van der Waals surface area (Å²) < 4.78 is 19.4. The number of hydrogen-bond donors (Lipinski definition) is 0. The highest BCUT2D eigenvalue weighted by Gasteiger charge is 2.37. The molecule has 0 N–H and O–H groups in total. The second-order valence-corrected chi connectivity index (χ2v) is 13.4. The Morgan fingerprint density at radius 1 is 0.595 bits per heavy atom. The van der Waals surface area contributed by atoms with Crippen LogP contribution in [0.15, 0.2) is 146 Å². The normalized spacial score (nSPS) is 16.1. The van der Waals surface area contributed by atoms with E-state index in [1.807, 2.05) is 48.6 Å². The second-order valence-electron chi connectivity index (χ2n) is 10.7. The lowest BCUT2D eigenvalue weighted by atomic mass is 10.1. The van der Waals surface area contributed by atoms with Gasteiger partial charge in [0.25, 0.3) is 0 Å². The first-order chi connectivity index (χ1) is 20.6. The number of fused-ring (bicyclic) bond motifs is 5. The quantitative estimate of drug-likeness (QED) is 0.194. The summed E-state index contributed by atoms with van der Waals surface area (Å²) in [6, 6.07) is 41.9. The molecule has 0 aliphatic carbocycles. The van der Waals surface area contributed by atoms with E-state index in [2.05, 4.69) is 107 Å². The van der Waals surface area contributed by atoms with Crippen LogP contribution in [-0.2, 0) is 4.57 Å². The summed E-state index contributed by atoms with van der Waals surface area (Å²) in [5.74, 6) is 0. The van der Waals surface area contributed by atoms with E-state index in [0.29, 0.717) is 0 Å². The molecule has 1 aliphatic heterocycles. The van der Waals surface area contributed by atoms with Crippen molar-refractivity contribution in [3.63, 3.8) is 0 Å². The molecule has 0 saturated carbocycles. The van der Waals surface area contributed by atoms with Crippen molar-refractivity contribution in [2.75, 3.05) is 0 Å². The predicted molar refractivity (Wildman–Crippen MR) is 179 cm³/mol. The minimum Gasteiger partial charge on any atom is -0.310 e. The first-order valence-electron chi connectivity index (χ1n) is 14.0. The zero-order chi connectivity index (χ0) is 28.4. The first-order valence-corrected chi connectivity index (χ1v) is 15.7. The highest BCUT2D eigenvalue weighted by Crippen LogP contribution is 2.58. The molecule has 3 nitrogen and oxygen atoms in total. The highest BCUT2D eigenvalue weighted by molar-refractivity contribution is 7.83. The van der Waals surface area contributed by atoms with Gasteiger partial charge in [-0.15, -0.1) is 0 Å². The van der Waals surface area contributed by atoms with Gasteiger partial charge in [0.15, 0.2) is 7.14 Å². The third-order valence-corrected chi connectivity index (χ3v) is 11.6. The van der Waals surface area contributed by atoms with E-state index in [1.165, 1.54) is 16.3 Å². The van der Waals surface area contributed by atoms with Crippen LogP contribution in [0.5, 0.6) is 0 Å². The summed E-state index contributed by atoms with van der Waals surface area (Å²) in [4.78, 5) is 0. The monoisotopic (exact) mass is 558 g/mol. The molecule has 200 valence electrons. The number of nitrogens with zero attached hydrogens (tertiary/aromatic N) is 2. The minimum atomic E-state index is -3.04. The van der Waals surface area contributed by atoms with E-state index in [4.69, 9.17) is 0 Å². The van der Waals surface area contributed by atoms with E-state index in [9.17, 15) is 4.57 Å². The number of rotatable bonds is 5. The summed E-state index contributed by atoms with van der Waals surface area (Å²) in [7, 11) is -3.04. The number of hydrogen-bond acceptors (Lipinski definition) is 1. The van der Waals surface area contributed by atoms with Crippen LogP contribution in [0, 0.1) is 0 Å². The second kappa shape index (κ2) is 9.21. The molecule has 2 aromatic heterocycles. The fourth-order valence-electron chi connectivity index (χ4n) is 6.57. The number of aromatic nitrogens is 2. The third kappa shape index (κ3) is 3.38. The van der Waals surface area contributed by atoms with Gasteiger partial charge in [-0.1, -0.05) is 86.0 Å². The lowest BCUT2D eigenvalue weighted by Gasteiger charge is -2.17. The van der Waals surface area contributed by atoms with Gasteiger partial charge in [0.05, 0.1) is 16.6 Å². The van der Waals surface area contributed by atoms with Crippen molar-refractivity contribution in [1.29, 1.82) is 0 Å². The maximum Gasteiger partial charge on any atom is 0.171 e. The molecular weight excluding hydrogens is 531 g/mol. The van der Waals surface area contributed by atoms with E-state index >= 15 is 0 Å². The summed E-state index contributed by atoms with van der Waals surface area (Å²) >= 11 is 0. The zero-order valence-corrected chi connectivity index (χ0v) is 23.8. The topological polar surface area (TPSA) is 26.9 Å². The van der Waals surface area contributed by atoms with Gasteiger partial charge in [0.2, 0.25) is 0 Å². The molecule has 8 rings (SSSR count). The highest BCUT2D eigenvalue weighted by atomic mass is 31.2. The fraction of sp³-hybridized carbons (Fsp3) is 0. The molecule has 4 heteroatoms. The van der Waals surface area contributed by atoms with E-state index in [0.717, 1.165) is 55.0 Å². The number of benzene rings is 5. The Morgan fingerprint density at radius 2 is 1.31 bits per heavy atom. The van der Waals surface area contributed by atoms with Crippen LogP contribution in [0.25, 0.3) is 56.2 Å². The molecule has 0 spiro atoms. The fourth-order valence-corrected chi connectivity index (χ4v) is 9.39. The van der Waals surface area contributed by atoms with Crippen LogP contribution in [0.2, 0.25) is 0 Å². The van der Waals surface area contributed by atoms with Crippen molar-refractivity contribution in [1.82, 2.24) is 9.13 Å². The number of allylic oxidation sites excluding steroid dienone is 2. The van der Waals surface area contributed by atoms with Crippen molar-refractivity contribution in [2.24, 2.45) is 0 Å². The lowest BCUT2D eigenvalue weighted by Crippen LogP contribution is -2.15. The van der Waals surface area contributed by atoms with Crippen LogP contribution in [0.1, 0.15) is 11.3 Å². The zero-order valence-electron chi connectivity index (χ0n) is 22.9. The first kappa shape index (κ1) is 24.7.